The maximum Gasteiger partial charge on any atom is 0.243 e. The molecule has 7 nitrogen and oxygen atoms in total. The zero-order valence-electron chi connectivity index (χ0n) is 15.8. The molecule has 0 heterocycles. The number of nitrogens with zero attached hydrogens (tertiary/aromatic N) is 1. The topological polar surface area (TPSA) is 84.9 Å². The molecule has 27 heavy (non-hydrogen) atoms. The number of hydrogen-bond donors (Lipinski definition) is 1. The molecule has 8 heteroatoms. The van der Waals surface area contributed by atoms with Crippen molar-refractivity contribution in [3.63, 3.8) is 0 Å². The van der Waals surface area contributed by atoms with E-state index in [0.717, 1.165) is 16.1 Å². The summed E-state index contributed by atoms with van der Waals surface area (Å²) in [7, 11) is -0.644. The fourth-order valence-corrected chi connectivity index (χ4v) is 3.90. The lowest BCUT2D eigenvalue weighted by atomic mass is 10.2. The summed E-state index contributed by atoms with van der Waals surface area (Å²) in [6, 6.07) is 12.9. The third-order valence-electron chi connectivity index (χ3n) is 4.04. The second-order valence-electron chi connectivity index (χ2n) is 5.97. The Morgan fingerprint density at radius 1 is 1.11 bits per heavy atom. The standard InChI is InChI=1S/C19H24N2O5S/c1-14(19(22)20-13-15-8-5-6-11-18(15)26-3)21(27(4,23)24)16-9-7-10-17(12-16)25-2/h5-12,14H,13H2,1-4H3,(H,20,22). The van der Waals surface area contributed by atoms with E-state index in [0.29, 0.717) is 17.2 Å². The molecule has 1 atom stereocenters. The van der Waals surface area contributed by atoms with Gasteiger partial charge in [0, 0.05) is 18.2 Å². The summed E-state index contributed by atoms with van der Waals surface area (Å²) in [5.74, 6) is 0.732. The Kier molecular flexibility index (Phi) is 6.68. The average molecular weight is 392 g/mol. The summed E-state index contributed by atoms with van der Waals surface area (Å²) in [4.78, 5) is 12.6. The molecule has 2 aromatic rings. The van der Waals surface area contributed by atoms with Crippen molar-refractivity contribution in [3.8, 4) is 11.5 Å². The number of nitrogens with one attached hydrogen (secondary N) is 1. The van der Waals surface area contributed by atoms with Gasteiger partial charge >= 0.3 is 0 Å². The summed E-state index contributed by atoms with van der Waals surface area (Å²) < 4.78 is 36.2. The number of ether oxygens (including phenoxy) is 2. The van der Waals surface area contributed by atoms with Crippen molar-refractivity contribution in [2.75, 3.05) is 24.8 Å². The molecule has 0 aliphatic carbocycles. The number of rotatable bonds is 8. The molecule has 1 N–H and O–H groups in total. The summed E-state index contributed by atoms with van der Waals surface area (Å²) in [5.41, 5.74) is 1.16. The largest absolute Gasteiger partial charge is 0.497 e. The van der Waals surface area contributed by atoms with Crippen LogP contribution in [0.4, 0.5) is 5.69 Å². The molecular weight excluding hydrogens is 368 g/mol. The molecule has 0 aliphatic heterocycles. The molecule has 0 aliphatic rings. The van der Waals surface area contributed by atoms with E-state index in [9.17, 15) is 13.2 Å². The van der Waals surface area contributed by atoms with E-state index in [1.165, 1.54) is 14.0 Å². The summed E-state index contributed by atoms with van der Waals surface area (Å²) >= 11 is 0. The van der Waals surface area contributed by atoms with E-state index in [1.54, 1.807) is 37.4 Å². The number of benzene rings is 2. The van der Waals surface area contributed by atoms with Gasteiger partial charge in [0.2, 0.25) is 15.9 Å². The van der Waals surface area contributed by atoms with Crippen LogP contribution < -0.4 is 19.1 Å². The molecule has 0 fully saturated rings. The quantitative estimate of drug-likeness (QED) is 0.744. The second kappa shape index (κ2) is 8.77. The lowest BCUT2D eigenvalue weighted by Gasteiger charge is -2.28. The van der Waals surface area contributed by atoms with Crippen LogP contribution in [0.3, 0.4) is 0 Å². The zero-order chi connectivity index (χ0) is 20.0. The third kappa shape index (κ3) is 5.13. The molecule has 0 radical (unpaired) electrons. The Morgan fingerprint density at radius 2 is 1.81 bits per heavy atom. The first-order valence-electron chi connectivity index (χ1n) is 8.31. The minimum atomic E-state index is -3.69. The molecule has 2 aromatic carbocycles. The number of amides is 1. The van der Waals surface area contributed by atoms with Gasteiger partial charge in [-0.15, -0.1) is 0 Å². The summed E-state index contributed by atoms with van der Waals surface area (Å²) in [6.45, 7) is 1.76. The molecular formula is C19H24N2O5S. The van der Waals surface area contributed by atoms with Crippen LogP contribution in [0, 0.1) is 0 Å². The van der Waals surface area contributed by atoms with E-state index < -0.39 is 22.0 Å². The smallest absolute Gasteiger partial charge is 0.243 e. The van der Waals surface area contributed by atoms with E-state index in [4.69, 9.17) is 9.47 Å². The minimum absolute atomic E-state index is 0.225. The normalized spacial score (nSPS) is 12.1. The first kappa shape index (κ1) is 20.6. The van der Waals surface area contributed by atoms with Crippen molar-refractivity contribution in [1.29, 1.82) is 0 Å². The van der Waals surface area contributed by atoms with Crippen molar-refractivity contribution < 1.29 is 22.7 Å². The van der Waals surface area contributed by atoms with E-state index in [1.807, 2.05) is 18.2 Å². The second-order valence-corrected chi connectivity index (χ2v) is 7.83. The lowest BCUT2D eigenvalue weighted by Crippen LogP contribution is -2.47. The number of hydrogen-bond acceptors (Lipinski definition) is 5. The maximum atomic E-state index is 12.6. The number of methoxy groups -OCH3 is 2. The summed E-state index contributed by atoms with van der Waals surface area (Å²) in [5, 5.41) is 2.77. The predicted octanol–water partition coefficient (Wildman–Crippen LogP) is 2.17. The number of carbonyl (C=O) groups excluding carboxylic acids is 1. The monoisotopic (exact) mass is 392 g/mol. The van der Waals surface area contributed by atoms with Crippen molar-refractivity contribution in [2.24, 2.45) is 0 Å². The Balaban J connectivity index is 2.22. The molecule has 0 bridgehead atoms. The highest BCUT2D eigenvalue weighted by Crippen LogP contribution is 2.25. The van der Waals surface area contributed by atoms with Crippen LogP contribution >= 0.6 is 0 Å². The van der Waals surface area contributed by atoms with E-state index in [-0.39, 0.29) is 6.54 Å². The van der Waals surface area contributed by atoms with Gasteiger partial charge in [-0.3, -0.25) is 9.10 Å². The predicted molar refractivity (Wildman–Crippen MR) is 105 cm³/mol. The summed E-state index contributed by atoms with van der Waals surface area (Å²) in [6.07, 6.45) is 1.07. The highest BCUT2D eigenvalue weighted by molar-refractivity contribution is 7.92. The molecule has 0 spiro atoms. The average Bonchev–Trinajstić information content (AvgIpc) is 2.65. The van der Waals surface area contributed by atoms with Gasteiger partial charge in [-0.2, -0.15) is 0 Å². The first-order valence-corrected chi connectivity index (χ1v) is 10.2. The Hall–Kier alpha value is -2.74. The zero-order valence-corrected chi connectivity index (χ0v) is 16.6. The van der Waals surface area contributed by atoms with Gasteiger partial charge in [0.25, 0.3) is 0 Å². The van der Waals surface area contributed by atoms with Gasteiger partial charge in [0.15, 0.2) is 0 Å². The fourth-order valence-electron chi connectivity index (χ4n) is 2.74. The van der Waals surface area contributed by atoms with E-state index >= 15 is 0 Å². The molecule has 0 saturated heterocycles. The highest BCUT2D eigenvalue weighted by atomic mass is 32.2. The van der Waals surface area contributed by atoms with Crippen molar-refractivity contribution in [3.05, 3.63) is 54.1 Å². The van der Waals surface area contributed by atoms with Gasteiger partial charge in [0.05, 0.1) is 26.2 Å². The highest BCUT2D eigenvalue weighted by Gasteiger charge is 2.29. The van der Waals surface area contributed by atoms with E-state index in [2.05, 4.69) is 5.32 Å². The fraction of sp³-hybridized carbons (Fsp3) is 0.316. The van der Waals surface area contributed by atoms with Crippen molar-refractivity contribution >= 4 is 21.6 Å². The number of para-hydroxylation sites is 1. The van der Waals surface area contributed by atoms with Crippen LogP contribution in [0.25, 0.3) is 0 Å². The Bertz CT molecular complexity index is 898. The minimum Gasteiger partial charge on any atom is -0.497 e. The van der Waals surface area contributed by atoms with Crippen LogP contribution in [0.1, 0.15) is 12.5 Å². The Labute approximate surface area is 160 Å². The van der Waals surface area contributed by atoms with Gasteiger partial charge < -0.3 is 14.8 Å². The van der Waals surface area contributed by atoms with Crippen LogP contribution in [0.15, 0.2) is 48.5 Å². The number of sulfonamides is 1. The third-order valence-corrected chi connectivity index (χ3v) is 5.28. The maximum absolute atomic E-state index is 12.6. The van der Waals surface area contributed by atoms with Crippen LogP contribution in [-0.4, -0.2) is 40.8 Å². The molecule has 1 unspecified atom stereocenters. The van der Waals surface area contributed by atoms with Gasteiger partial charge in [-0.05, 0) is 25.1 Å². The molecule has 0 saturated carbocycles. The van der Waals surface area contributed by atoms with Crippen molar-refractivity contribution in [2.45, 2.75) is 19.5 Å². The van der Waals surface area contributed by atoms with Crippen LogP contribution in [0.5, 0.6) is 11.5 Å². The number of carbonyl (C=O) groups is 1. The first-order chi connectivity index (χ1) is 12.8. The Morgan fingerprint density at radius 3 is 2.44 bits per heavy atom. The number of anilines is 1. The van der Waals surface area contributed by atoms with Gasteiger partial charge in [-0.25, -0.2) is 8.42 Å². The SMILES string of the molecule is COc1cccc(N(C(C)C(=O)NCc2ccccc2OC)S(C)(=O)=O)c1. The van der Waals surface area contributed by atoms with Crippen LogP contribution in [0.2, 0.25) is 0 Å². The molecule has 0 aromatic heterocycles. The molecule has 2 rings (SSSR count). The van der Waals surface area contributed by atoms with Crippen LogP contribution in [-0.2, 0) is 21.4 Å². The lowest BCUT2D eigenvalue weighted by molar-refractivity contribution is -0.122. The molecule has 146 valence electrons. The van der Waals surface area contributed by atoms with Gasteiger partial charge in [0.1, 0.15) is 17.5 Å². The van der Waals surface area contributed by atoms with Crippen molar-refractivity contribution in [1.82, 2.24) is 5.32 Å². The van der Waals surface area contributed by atoms with Gasteiger partial charge in [-0.1, -0.05) is 24.3 Å². The molecule has 1 amide bonds.